The lowest BCUT2D eigenvalue weighted by Gasteiger charge is -2.30. The fourth-order valence-electron chi connectivity index (χ4n) is 6.78. The molecule has 5 aromatic rings. The topological polar surface area (TPSA) is 129 Å². The number of ether oxygens (including phenoxy) is 1. The van der Waals surface area contributed by atoms with E-state index in [9.17, 15) is 22.8 Å². The smallest absolute Gasteiger partial charge is 0.384 e. The fraction of sp³-hybridized carbons (Fsp3) is 0.316. The summed E-state index contributed by atoms with van der Waals surface area (Å²) in [7, 11) is 1.54. The highest BCUT2D eigenvalue weighted by Gasteiger charge is 2.45. The molecule has 14 heteroatoms. The fourth-order valence-corrected chi connectivity index (χ4v) is 6.78. The first-order valence-electron chi connectivity index (χ1n) is 16.5. The zero-order valence-electron chi connectivity index (χ0n) is 27.8. The molecule has 2 aromatic carbocycles. The summed E-state index contributed by atoms with van der Waals surface area (Å²) in [5, 5.41) is 10.6. The minimum Gasteiger partial charge on any atom is -0.384 e. The van der Waals surface area contributed by atoms with Gasteiger partial charge in [-0.05, 0) is 66.9 Å². The van der Waals surface area contributed by atoms with Crippen molar-refractivity contribution in [2.45, 2.75) is 26.4 Å². The van der Waals surface area contributed by atoms with E-state index in [0.29, 0.717) is 60.7 Å². The number of aromatic amines is 1. The van der Waals surface area contributed by atoms with Crippen molar-refractivity contribution < 1.29 is 27.5 Å². The van der Waals surface area contributed by atoms with Crippen molar-refractivity contribution in [2.24, 2.45) is 5.41 Å². The molecule has 2 aliphatic rings. The second kappa shape index (κ2) is 15.0. The number of fused-ring (bicyclic) bond motifs is 1. The average molecular weight is 713 g/mol. The van der Waals surface area contributed by atoms with E-state index in [1.54, 1.807) is 36.7 Å². The summed E-state index contributed by atoms with van der Waals surface area (Å²) in [6.45, 7) is 2.32. The third-order valence-corrected chi connectivity index (χ3v) is 9.48. The summed E-state index contributed by atoms with van der Waals surface area (Å²) in [4.78, 5) is 43.1. The normalized spacial score (nSPS) is 17.8. The molecule has 7 rings (SSSR count). The van der Waals surface area contributed by atoms with E-state index in [0.717, 1.165) is 29.8 Å². The third kappa shape index (κ3) is 7.58. The molecule has 2 aliphatic heterocycles. The molecule has 5 heterocycles. The molecule has 3 aromatic heterocycles. The van der Waals surface area contributed by atoms with Crippen molar-refractivity contribution in [3.05, 3.63) is 96.6 Å². The standard InChI is InChI=1S/C37H35F3N8O3.CH4/c1-51-23-36(35(50)44-28-7-8-30-29(20-28)33(46-45-30)27-9-15-41-31(19-27)37(38,39)40)12-18-47(22-36)21-32(49)48-16-10-25(11-17-48)24-3-5-26(6-4-24)34-42-13-2-14-43-34;/h2-10,13-15,19-20H,11-12,16-18,21-23H2,1H3,(H,44,50)(H,45,46);1H4/t36-;/m1./s1. The number of carbonyl (C=O) groups excluding carboxylic acids is 2. The molecule has 52 heavy (non-hydrogen) atoms. The van der Waals surface area contributed by atoms with Crippen LogP contribution in [-0.4, -0.2) is 93.2 Å². The van der Waals surface area contributed by atoms with Crippen LogP contribution < -0.4 is 5.32 Å². The van der Waals surface area contributed by atoms with Gasteiger partial charge in [0.2, 0.25) is 11.8 Å². The highest BCUT2D eigenvalue weighted by Crippen LogP contribution is 2.36. The lowest BCUT2D eigenvalue weighted by atomic mass is 9.87. The molecule has 270 valence electrons. The lowest BCUT2D eigenvalue weighted by Crippen LogP contribution is -2.45. The third-order valence-electron chi connectivity index (χ3n) is 9.48. The van der Waals surface area contributed by atoms with Crippen molar-refractivity contribution in [1.82, 2.24) is 34.9 Å². The first-order chi connectivity index (χ1) is 24.6. The number of amides is 2. The van der Waals surface area contributed by atoms with Gasteiger partial charge >= 0.3 is 6.18 Å². The summed E-state index contributed by atoms with van der Waals surface area (Å²) < 4.78 is 45.5. The number of anilines is 1. The number of pyridine rings is 1. The number of alkyl halides is 3. The monoisotopic (exact) mass is 712 g/mol. The van der Waals surface area contributed by atoms with Crippen molar-refractivity contribution >= 4 is 34.0 Å². The second-order valence-electron chi connectivity index (χ2n) is 12.9. The van der Waals surface area contributed by atoms with Crippen LogP contribution in [0.25, 0.3) is 39.1 Å². The molecule has 1 fully saturated rings. The van der Waals surface area contributed by atoms with Gasteiger partial charge < -0.3 is 15.0 Å². The Kier molecular flexibility index (Phi) is 10.5. The number of hydrogen-bond acceptors (Lipinski definition) is 8. The zero-order valence-corrected chi connectivity index (χ0v) is 27.8. The van der Waals surface area contributed by atoms with E-state index in [1.165, 1.54) is 18.7 Å². The van der Waals surface area contributed by atoms with Crippen LogP contribution in [0.5, 0.6) is 0 Å². The van der Waals surface area contributed by atoms with E-state index >= 15 is 0 Å². The second-order valence-corrected chi connectivity index (χ2v) is 12.9. The molecular weight excluding hydrogens is 673 g/mol. The summed E-state index contributed by atoms with van der Waals surface area (Å²) in [6.07, 6.45) is 3.24. The maximum Gasteiger partial charge on any atom is 0.433 e. The molecule has 2 N–H and O–H groups in total. The van der Waals surface area contributed by atoms with Crippen molar-refractivity contribution in [1.29, 1.82) is 0 Å². The lowest BCUT2D eigenvalue weighted by molar-refractivity contribution is -0.141. The van der Waals surface area contributed by atoms with Gasteiger partial charge in [-0.2, -0.15) is 18.3 Å². The Morgan fingerprint density at radius 2 is 1.73 bits per heavy atom. The number of halogens is 3. The maximum absolute atomic E-state index is 13.8. The average Bonchev–Trinajstić information content (AvgIpc) is 3.76. The highest BCUT2D eigenvalue weighted by molar-refractivity contribution is 6.00. The number of H-pyrrole nitrogens is 1. The Morgan fingerprint density at radius 1 is 0.962 bits per heavy atom. The number of likely N-dealkylation sites (tertiary alicyclic amines) is 1. The van der Waals surface area contributed by atoms with Gasteiger partial charge in [0, 0.05) is 67.5 Å². The number of nitrogens with one attached hydrogen (secondary N) is 2. The first kappa shape index (κ1) is 36.3. The Hall–Kier alpha value is -5.47. The van der Waals surface area contributed by atoms with E-state index < -0.39 is 17.3 Å². The van der Waals surface area contributed by atoms with Gasteiger partial charge in [0.1, 0.15) is 11.4 Å². The van der Waals surface area contributed by atoms with Crippen LogP contribution in [0.2, 0.25) is 0 Å². The molecular formula is C38H39F3N8O3. The van der Waals surface area contributed by atoms with Crippen molar-refractivity contribution in [3.8, 4) is 22.6 Å². The Morgan fingerprint density at radius 3 is 2.44 bits per heavy atom. The number of rotatable bonds is 9. The molecule has 1 saturated heterocycles. The Balaban J connectivity index is 0.00000464. The van der Waals surface area contributed by atoms with Crippen LogP contribution in [-0.2, 0) is 20.5 Å². The van der Waals surface area contributed by atoms with Gasteiger partial charge in [0.25, 0.3) is 0 Å². The van der Waals surface area contributed by atoms with Gasteiger partial charge in [0.05, 0.1) is 24.1 Å². The molecule has 1 atom stereocenters. The molecule has 0 spiro atoms. The van der Waals surface area contributed by atoms with Crippen LogP contribution in [0.1, 0.15) is 31.5 Å². The van der Waals surface area contributed by atoms with Gasteiger partial charge in [-0.15, -0.1) is 0 Å². The van der Waals surface area contributed by atoms with E-state index in [1.807, 2.05) is 21.9 Å². The number of carbonyl (C=O) groups is 2. The number of methoxy groups -OCH3 is 1. The van der Waals surface area contributed by atoms with Crippen molar-refractivity contribution in [3.63, 3.8) is 0 Å². The summed E-state index contributed by atoms with van der Waals surface area (Å²) in [5.41, 5.74) is 2.92. The van der Waals surface area contributed by atoms with Crippen molar-refractivity contribution in [2.75, 3.05) is 51.8 Å². The minimum atomic E-state index is -4.60. The number of nitrogens with zero attached hydrogens (tertiary/aromatic N) is 6. The van der Waals surface area contributed by atoms with E-state index in [-0.39, 0.29) is 38.0 Å². The van der Waals surface area contributed by atoms with Gasteiger partial charge in [-0.1, -0.05) is 37.8 Å². The Labute approximate surface area is 298 Å². The summed E-state index contributed by atoms with van der Waals surface area (Å²) in [6, 6.07) is 17.4. The Bertz CT molecular complexity index is 2090. The molecule has 0 saturated carbocycles. The van der Waals surface area contributed by atoms with Gasteiger partial charge in [0.15, 0.2) is 5.82 Å². The molecule has 0 radical (unpaired) electrons. The number of benzene rings is 2. The quantitative estimate of drug-likeness (QED) is 0.182. The highest BCUT2D eigenvalue weighted by atomic mass is 19.4. The van der Waals surface area contributed by atoms with Crippen LogP contribution in [0, 0.1) is 5.41 Å². The van der Waals surface area contributed by atoms with E-state index in [2.05, 4.69) is 48.7 Å². The molecule has 0 unspecified atom stereocenters. The van der Waals surface area contributed by atoms with Gasteiger partial charge in [-0.25, -0.2) is 9.97 Å². The van der Waals surface area contributed by atoms with Gasteiger partial charge in [-0.3, -0.25) is 24.6 Å². The largest absolute Gasteiger partial charge is 0.433 e. The molecule has 11 nitrogen and oxygen atoms in total. The molecule has 2 amide bonds. The molecule has 0 aliphatic carbocycles. The number of aromatic nitrogens is 5. The van der Waals surface area contributed by atoms with Crippen LogP contribution in [0.15, 0.2) is 85.3 Å². The number of hydrogen-bond donors (Lipinski definition) is 2. The summed E-state index contributed by atoms with van der Waals surface area (Å²) >= 11 is 0. The zero-order chi connectivity index (χ0) is 35.6. The predicted octanol–water partition coefficient (Wildman–Crippen LogP) is 6.33. The molecule has 0 bridgehead atoms. The minimum absolute atomic E-state index is 0. The SMILES string of the molecule is C.COC[C@@]1(C(=O)Nc2ccc3[nH]nc(-c4ccnc(C(F)(F)F)c4)c3c2)CCN(CC(=O)N2CC=C(c3ccc(-c4ncccn4)cc3)CC2)C1. The van der Waals surface area contributed by atoms with Crippen LogP contribution >= 0.6 is 0 Å². The predicted molar refractivity (Wildman–Crippen MR) is 192 cm³/mol. The first-order valence-corrected chi connectivity index (χ1v) is 16.5. The van der Waals surface area contributed by atoms with E-state index in [4.69, 9.17) is 4.74 Å². The van der Waals surface area contributed by atoms with Crippen LogP contribution in [0.3, 0.4) is 0 Å². The maximum atomic E-state index is 13.8. The van der Waals surface area contributed by atoms with Crippen LogP contribution in [0.4, 0.5) is 18.9 Å². The summed E-state index contributed by atoms with van der Waals surface area (Å²) in [5.74, 6) is 0.410.